The van der Waals surface area contributed by atoms with E-state index in [4.69, 9.17) is 9.57 Å². The van der Waals surface area contributed by atoms with Crippen molar-refractivity contribution >= 4 is 17.7 Å². The summed E-state index contributed by atoms with van der Waals surface area (Å²) >= 11 is 1.50. The third-order valence-electron chi connectivity index (χ3n) is 2.36. The van der Waals surface area contributed by atoms with Crippen LogP contribution in [0.5, 0.6) is 0 Å². The number of carbonyl (C=O) groups is 1. The molecule has 2 rings (SSSR count). The van der Waals surface area contributed by atoms with E-state index in [9.17, 15) is 9.59 Å². The number of ether oxygens (including phenoxy) is 1. The van der Waals surface area contributed by atoms with Crippen LogP contribution in [0.15, 0.2) is 16.1 Å². The number of rotatable bonds is 5. The molecule has 0 saturated heterocycles. The van der Waals surface area contributed by atoms with E-state index in [1.54, 1.807) is 0 Å². The van der Waals surface area contributed by atoms with Crippen molar-refractivity contribution in [3.8, 4) is 0 Å². The molecule has 0 unspecified atom stereocenters. The summed E-state index contributed by atoms with van der Waals surface area (Å²) in [6, 6.07) is 0. The van der Waals surface area contributed by atoms with Crippen LogP contribution in [0.2, 0.25) is 0 Å². The first-order valence-electron chi connectivity index (χ1n) is 5.37. The number of thioether (sulfide) groups is 1. The van der Waals surface area contributed by atoms with Crippen molar-refractivity contribution in [2.45, 2.75) is 11.7 Å². The highest BCUT2D eigenvalue weighted by Gasteiger charge is 2.19. The molecule has 1 aliphatic rings. The lowest BCUT2D eigenvalue weighted by atomic mass is 10.3. The molecular formula is C10H13N3O4S. The molecule has 1 aliphatic heterocycles. The van der Waals surface area contributed by atoms with Crippen molar-refractivity contribution in [1.29, 1.82) is 0 Å². The molecule has 0 saturated carbocycles. The summed E-state index contributed by atoms with van der Waals surface area (Å²) in [6.07, 6.45) is 1.28. The summed E-state index contributed by atoms with van der Waals surface area (Å²) < 4.78 is 6.25. The molecule has 2 heterocycles. The van der Waals surface area contributed by atoms with Gasteiger partial charge in [0.25, 0.3) is 11.5 Å². The number of aromatic nitrogens is 2. The number of hydrogen-bond donors (Lipinski definition) is 1. The maximum atomic E-state index is 12.0. The first kappa shape index (κ1) is 13.1. The Morgan fingerprint density at radius 3 is 3.22 bits per heavy atom. The van der Waals surface area contributed by atoms with Crippen LogP contribution in [0.25, 0.3) is 0 Å². The summed E-state index contributed by atoms with van der Waals surface area (Å²) in [7, 11) is 1.53. The van der Waals surface area contributed by atoms with Crippen LogP contribution in [0, 0.1) is 0 Å². The van der Waals surface area contributed by atoms with Crippen LogP contribution in [-0.2, 0) is 16.1 Å². The SMILES string of the molecule is COCCONC(=O)c1cnc2n(c1=O)CCS2. The van der Waals surface area contributed by atoms with E-state index in [1.807, 2.05) is 0 Å². The Morgan fingerprint density at radius 2 is 2.44 bits per heavy atom. The Hall–Kier alpha value is -1.38. The van der Waals surface area contributed by atoms with Gasteiger partial charge in [0, 0.05) is 25.6 Å². The summed E-state index contributed by atoms with van der Waals surface area (Å²) in [5, 5.41) is 0.650. The van der Waals surface area contributed by atoms with Gasteiger partial charge in [-0.25, -0.2) is 10.5 Å². The lowest BCUT2D eigenvalue weighted by Crippen LogP contribution is -2.34. The third-order valence-corrected chi connectivity index (χ3v) is 3.33. The van der Waals surface area contributed by atoms with Gasteiger partial charge in [0.1, 0.15) is 5.56 Å². The highest BCUT2D eigenvalue weighted by atomic mass is 32.2. The number of hydroxylamine groups is 1. The molecule has 8 heteroatoms. The van der Waals surface area contributed by atoms with Gasteiger partial charge in [0.2, 0.25) is 0 Å². The highest BCUT2D eigenvalue weighted by Crippen LogP contribution is 2.20. The molecule has 0 aromatic carbocycles. The number of fused-ring (bicyclic) bond motifs is 1. The van der Waals surface area contributed by atoms with Gasteiger partial charge in [-0.1, -0.05) is 11.8 Å². The molecule has 0 spiro atoms. The summed E-state index contributed by atoms with van der Waals surface area (Å²) in [5.74, 6) is 0.216. The third kappa shape index (κ3) is 2.71. The molecular weight excluding hydrogens is 258 g/mol. The molecule has 1 amide bonds. The van der Waals surface area contributed by atoms with Crippen LogP contribution >= 0.6 is 11.8 Å². The first-order valence-corrected chi connectivity index (χ1v) is 6.36. The second-order valence-corrected chi connectivity index (χ2v) is 4.59. The van der Waals surface area contributed by atoms with E-state index >= 15 is 0 Å². The fraction of sp³-hybridized carbons (Fsp3) is 0.500. The average molecular weight is 271 g/mol. The van der Waals surface area contributed by atoms with Crippen LogP contribution in [0.4, 0.5) is 0 Å². The molecule has 0 atom stereocenters. The zero-order chi connectivity index (χ0) is 13.0. The Morgan fingerprint density at radius 1 is 1.61 bits per heavy atom. The smallest absolute Gasteiger partial charge is 0.282 e. The summed E-state index contributed by atoms with van der Waals surface area (Å²) in [6.45, 7) is 1.16. The van der Waals surface area contributed by atoms with E-state index in [0.717, 1.165) is 5.75 Å². The van der Waals surface area contributed by atoms with E-state index in [1.165, 1.54) is 29.6 Å². The minimum atomic E-state index is -0.587. The maximum absolute atomic E-state index is 12.0. The minimum absolute atomic E-state index is 0.0151. The molecule has 7 nitrogen and oxygen atoms in total. The van der Waals surface area contributed by atoms with E-state index in [2.05, 4.69) is 10.5 Å². The molecule has 1 aromatic rings. The lowest BCUT2D eigenvalue weighted by Gasteiger charge is -2.06. The lowest BCUT2D eigenvalue weighted by molar-refractivity contribution is 0.00872. The summed E-state index contributed by atoms with van der Waals surface area (Å²) in [5.41, 5.74) is 1.84. The van der Waals surface area contributed by atoms with Crippen LogP contribution in [0.3, 0.4) is 0 Å². The number of nitrogens with zero attached hydrogens (tertiary/aromatic N) is 2. The van der Waals surface area contributed by atoms with Crippen LogP contribution in [-0.4, -0.2) is 41.5 Å². The topological polar surface area (TPSA) is 82.4 Å². The minimum Gasteiger partial charge on any atom is -0.382 e. The second-order valence-electron chi connectivity index (χ2n) is 3.53. The number of hydrogen-bond acceptors (Lipinski definition) is 6. The van der Waals surface area contributed by atoms with Crippen molar-refractivity contribution in [2.75, 3.05) is 26.1 Å². The van der Waals surface area contributed by atoms with Gasteiger partial charge in [-0.15, -0.1) is 0 Å². The van der Waals surface area contributed by atoms with Gasteiger partial charge in [0.05, 0.1) is 13.2 Å². The van der Waals surface area contributed by atoms with Gasteiger partial charge < -0.3 is 4.74 Å². The van der Waals surface area contributed by atoms with Gasteiger partial charge in [0.15, 0.2) is 5.16 Å². The van der Waals surface area contributed by atoms with Crippen molar-refractivity contribution in [1.82, 2.24) is 15.0 Å². The average Bonchev–Trinajstić information content (AvgIpc) is 2.84. The van der Waals surface area contributed by atoms with Crippen molar-refractivity contribution in [3.05, 3.63) is 22.1 Å². The molecule has 18 heavy (non-hydrogen) atoms. The molecule has 0 bridgehead atoms. The van der Waals surface area contributed by atoms with Crippen molar-refractivity contribution < 1.29 is 14.4 Å². The van der Waals surface area contributed by atoms with Crippen molar-refractivity contribution in [2.24, 2.45) is 0 Å². The molecule has 0 fully saturated rings. The number of methoxy groups -OCH3 is 1. The van der Waals surface area contributed by atoms with Crippen molar-refractivity contribution in [3.63, 3.8) is 0 Å². The standard InChI is InChI=1S/C10H13N3O4S/c1-16-3-4-17-12-8(14)7-6-11-10-13(9(7)15)2-5-18-10/h6H,2-5H2,1H3,(H,12,14). The molecule has 1 aromatic heterocycles. The number of nitrogens with one attached hydrogen (secondary N) is 1. The predicted octanol–water partition coefficient (Wildman–Crippen LogP) is -0.343. The molecule has 1 N–H and O–H groups in total. The Balaban J connectivity index is 2.05. The Labute approximate surface area is 107 Å². The zero-order valence-electron chi connectivity index (χ0n) is 9.84. The normalized spacial score (nSPS) is 13.4. The fourth-order valence-corrected chi connectivity index (χ4v) is 2.38. The van der Waals surface area contributed by atoms with Gasteiger partial charge in [-0.3, -0.25) is 19.0 Å². The quantitative estimate of drug-likeness (QED) is 0.448. The maximum Gasteiger partial charge on any atom is 0.282 e. The molecule has 98 valence electrons. The predicted molar refractivity (Wildman–Crippen MR) is 64.5 cm³/mol. The van der Waals surface area contributed by atoms with Gasteiger partial charge in [-0.2, -0.15) is 0 Å². The second kappa shape index (κ2) is 5.98. The van der Waals surface area contributed by atoms with Crippen LogP contribution < -0.4 is 11.0 Å². The Kier molecular flexibility index (Phi) is 4.34. The van der Waals surface area contributed by atoms with Crippen LogP contribution in [0.1, 0.15) is 10.4 Å². The monoisotopic (exact) mass is 271 g/mol. The number of carbonyl (C=O) groups excluding carboxylic acids is 1. The highest BCUT2D eigenvalue weighted by molar-refractivity contribution is 7.99. The number of amides is 1. The Bertz CT molecular complexity index is 502. The van der Waals surface area contributed by atoms with E-state index in [0.29, 0.717) is 18.3 Å². The van der Waals surface area contributed by atoms with E-state index < -0.39 is 5.91 Å². The fourth-order valence-electron chi connectivity index (χ4n) is 1.47. The first-order chi connectivity index (χ1) is 8.74. The summed E-state index contributed by atoms with van der Waals surface area (Å²) in [4.78, 5) is 32.6. The van der Waals surface area contributed by atoms with Gasteiger partial charge in [-0.05, 0) is 0 Å². The van der Waals surface area contributed by atoms with Gasteiger partial charge >= 0.3 is 0 Å². The molecule has 0 aliphatic carbocycles. The zero-order valence-corrected chi connectivity index (χ0v) is 10.7. The largest absolute Gasteiger partial charge is 0.382 e. The van der Waals surface area contributed by atoms with E-state index in [-0.39, 0.29) is 17.7 Å². The molecule has 0 radical (unpaired) electrons.